The minimum atomic E-state index is -0.127. The van der Waals surface area contributed by atoms with Gasteiger partial charge >= 0.3 is 0 Å². The van der Waals surface area contributed by atoms with Crippen LogP contribution >= 0.6 is 0 Å². The quantitative estimate of drug-likeness (QED) is 0.875. The average Bonchev–Trinajstić information content (AvgIpc) is 3.47. The first kappa shape index (κ1) is 16.3. The Morgan fingerprint density at radius 3 is 2.92 bits per heavy atom. The first-order valence-electron chi connectivity index (χ1n) is 9.16. The van der Waals surface area contributed by atoms with Gasteiger partial charge in [-0.15, -0.1) is 0 Å². The Morgan fingerprint density at radius 1 is 1.32 bits per heavy atom. The van der Waals surface area contributed by atoms with Gasteiger partial charge in [-0.1, -0.05) is 6.92 Å². The number of hydrogen-bond acceptors (Lipinski definition) is 5. The minimum Gasteiger partial charge on any atom is -0.378 e. The number of rotatable bonds is 5. The predicted octanol–water partition coefficient (Wildman–Crippen LogP) is 2.76. The first-order chi connectivity index (χ1) is 12.2. The monoisotopic (exact) mass is 340 g/mol. The Bertz CT molecular complexity index is 783. The molecule has 1 aliphatic heterocycles. The molecule has 6 nitrogen and oxygen atoms in total. The molecule has 2 aliphatic rings. The number of hydrogen-bond donors (Lipinski definition) is 2. The van der Waals surface area contributed by atoms with Crippen LogP contribution in [0.15, 0.2) is 29.2 Å². The Morgan fingerprint density at radius 2 is 2.20 bits per heavy atom. The molecule has 2 aromatic rings. The van der Waals surface area contributed by atoms with Crippen molar-refractivity contribution in [1.82, 2.24) is 15.0 Å². The van der Waals surface area contributed by atoms with E-state index in [0.717, 1.165) is 48.9 Å². The van der Waals surface area contributed by atoms with E-state index < -0.39 is 0 Å². The van der Waals surface area contributed by atoms with Gasteiger partial charge in [-0.05, 0) is 50.2 Å². The second-order valence-electron chi connectivity index (χ2n) is 6.98. The predicted molar refractivity (Wildman–Crippen MR) is 96.6 cm³/mol. The zero-order valence-corrected chi connectivity index (χ0v) is 14.5. The molecule has 0 radical (unpaired) electrons. The highest BCUT2D eigenvalue weighted by atomic mass is 16.5. The van der Waals surface area contributed by atoms with Gasteiger partial charge in [0.1, 0.15) is 11.6 Å². The number of pyridine rings is 1. The zero-order chi connectivity index (χ0) is 17.2. The van der Waals surface area contributed by atoms with Gasteiger partial charge in [0.2, 0.25) is 0 Å². The van der Waals surface area contributed by atoms with E-state index in [4.69, 9.17) is 4.74 Å². The Balaban J connectivity index is 1.45. The van der Waals surface area contributed by atoms with Gasteiger partial charge < -0.3 is 15.0 Å². The number of aromatic nitrogens is 3. The van der Waals surface area contributed by atoms with Gasteiger partial charge in [-0.3, -0.25) is 4.79 Å². The SMILES string of the molecule is CCc1cc(=O)[nH]c(-c2ccc(NC3CCOC(C4CC4)C3)nc2)n1. The topological polar surface area (TPSA) is 79.9 Å². The summed E-state index contributed by atoms with van der Waals surface area (Å²) in [6.07, 6.45) is 7.60. The van der Waals surface area contributed by atoms with Crippen molar-refractivity contribution < 1.29 is 4.74 Å². The maximum Gasteiger partial charge on any atom is 0.251 e. The van der Waals surface area contributed by atoms with Crippen molar-refractivity contribution in [2.75, 3.05) is 11.9 Å². The van der Waals surface area contributed by atoms with E-state index in [0.29, 0.717) is 18.0 Å². The van der Waals surface area contributed by atoms with Crippen LogP contribution in [0.4, 0.5) is 5.82 Å². The van der Waals surface area contributed by atoms with Crippen molar-refractivity contribution >= 4 is 5.82 Å². The first-order valence-corrected chi connectivity index (χ1v) is 9.16. The lowest BCUT2D eigenvalue weighted by atomic mass is 10.00. The lowest BCUT2D eigenvalue weighted by molar-refractivity contribution is -0.00223. The number of ether oxygens (including phenoxy) is 1. The molecule has 25 heavy (non-hydrogen) atoms. The molecule has 1 saturated carbocycles. The Kier molecular flexibility index (Phi) is 4.53. The third-order valence-electron chi connectivity index (χ3n) is 5.01. The summed E-state index contributed by atoms with van der Waals surface area (Å²) in [7, 11) is 0. The zero-order valence-electron chi connectivity index (χ0n) is 14.5. The fourth-order valence-electron chi connectivity index (χ4n) is 3.41. The number of nitrogens with one attached hydrogen (secondary N) is 2. The summed E-state index contributed by atoms with van der Waals surface area (Å²) in [6.45, 7) is 2.81. The second-order valence-corrected chi connectivity index (χ2v) is 6.98. The van der Waals surface area contributed by atoms with Crippen LogP contribution in [0.2, 0.25) is 0 Å². The number of H-pyrrole nitrogens is 1. The van der Waals surface area contributed by atoms with Crippen molar-refractivity contribution in [3.63, 3.8) is 0 Å². The van der Waals surface area contributed by atoms with Crippen LogP contribution in [0.3, 0.4) is 0 Å². The average molecular weight is 340 g/mol. The summed E-state index contributed by atoms with van der Waals surface area (Å²) in [4.78, 5) is 23.5. The highest BCUT2D eigenvalue weighted by molar-refractivity contribution is 5.56. The molecule has 1 aliphatic carbocycles. The van der Waals surface area contributed by atoms with Gasteiger partial charge in [0.05, 0.1) is 6.10 Å². The van der Waals surface area contributed by atoms with Crippen molar-refractivity contribution in [3.8, 4) is 11.4 Å². The van der Waals surface area contributed by atoms with Crippen molar-refractivity contribution in [2.24, 2.45) is 5.92 Å². The van der Waals surface area contributed by atoms with Crippen LogP contribution < -0.4 is 10.9 Å². The smallest absolute Gasteiger partial charge is 0.251 e. The van der Waals surface area contributed by atoms with Crippen molar-refractivity contribution in [3.05, 3.63) is 40.4 Å². The third-order valence-corrected chi connectivity index (χ3v) is 5.01. The van der Waals surface area contributed by atoms with Crippen LogP contribution in [0.25, 0.3) is 11.4 Å². The molecule has 2 aromatic heterocycles. The van der Waals surface area contributed by atoms with Gasteiger partial charge in [0, 0.05) is 36.2 Å². The molecule has 132 valence electrons. The van der Waals surface area contributed by atoms with Crippen LogP contribution in [0.5, 0.6) is 0 Å². The molecule has 0 aromatic carbocycles. The summed E-state index contributed by atoms with van der Waals surface area (Å²) in [5.41, 5.74) is 1.48. The van der Waals surface area contributed by atoms with Crippen LogP contribution in [-0.4, -0.2) is 33.7 Å². The van der Waals surface area contributed by atoms with Crippen LogP contribution in [0.1, 0.15) is 38.3 Å². The maximum atomic E-state index is 11.7. The van der Waals surface area contributed by atoms with Crippen molar-refractivity contribution in [2.45, 2.75) is 51.2 Å². The van der Waals surface area contributed by atoms with E-state index in [9.17, 15) is 4.79 Å². The molecule has 4 rings (SSSR count). The maximum absolute atomic E-state index is 11.7. The molecule has 2 fully saturated rings. The lowest BCUT2D eigenvalue weighted by Crippen LogP contribution is -2.35. The third kappa shape index (κ3) is 3.90. The molecule has 1 saturated heterocycles. The number of aryl methyl sites for hydroxylation is 1. The van der Waals surface area contributed by atoms with Crippen LogP contribution in [0, 0.1) is 5.92 Å². The van der Waals surface area contributed by atoms with E-state index in [-0.39, 0.29) is 5.56 Å². The number of anilines is 1. The van der Waals surface area contributed by atoms with Gasteiger partial charge in [0.15, 0.2) is 0 Å². The molecule has 0 amide bonds. The normalized spacial score (nSPS) is 23.4. The van der Waals surface area contributed by atoms with Gasteiger partial charge in [0.25, 0.3) is 5.56 Å². The van der Waals surface area contributed by atoms with E-state index in [1.165, 1.54) is 18.9 Å². The number of nitrogens with zero attached hydrogens (tertiary/aromatic N) is 2. The molecular formula is C19H24N4O2. The van der Waals surface area contributed by atoms with E-state index in [1.807, 2.05) is 19.1 Å². The fourth-order valence-corrected chi connectivity index (χ4v) is 3.41. The van der Waals surface area contributed by atoms with Crippen LogP contribution in [-0.2, 0) is 11.2 Å². The molecular weight excluding hydrogens is 316 g/mol. The second kappa shape index (κ2) is 6.96. The van der Waals surface area contributed by atoms with E-state index in [1.54, 1.807) is 6.20 Å². The van der Waals surface area contributed by atoms with Crippen molar-refractivity contribution in [1.29, 1.82) is 0 Å². The molecule has 6 heteroatoms. The summed E-state index contributed by atoms with van der Waals surface area (Å²) in [5, 5.41) is 3.52. The van der Waals surface area contributed by atoms with E-state index >= 15 is 0 Å². The minimum absolute atomic E-state index is 0.127. The summed E-state index contributed by atoms with van der Waals surface area (Å²) < 4.78 is 5.88. The number of aromatic amines is 1. The lowest BCUT2D eigenvalue weighted by Gasteiger charge is -2.30. The Hall–Kier alpha value is -2.21. The largest absolute Gasteiger partial charge is 0.378 e. The standard InChI is InChI=1S/C19H24N4O2/c1-2-14-10-18(24)23-19(22-14)13-5-6-17(20-11-13)21-15-7-8-25-16(9-15)12-3-4-12/h5-6,10-12,15-16H,2-4,7-9H2,1H3,(H,20,21)(H,22,23,24). The molecule has 2 unspecified atom stereocenters. The highest BCUT2D eigenvalue weighted by Crippen LogP contribution is 2.38. The summed E-state index contributed by atoms with van der Waals surface area (Å²) >= 11 is 0. The van der Waals surface area contributed by atoms with Gasteiger partial charge in [-0.2, -0.15) is 0 Å². The molecule has 2 atom stereocenters. The molecule has 0 bridgehead atoms. The molecule has 2 N–H and O–H groups in total. The highest BCUT2D eigenvalue weighted by Gasteiger charge is 2.35. The molecule has 3 heterocycles. The fraction of sp³-hybridized carbons (Fsp3) is 0.526. The van der Waals surface area contributed by atoms with Gasteiger partial charge in [-0.25, -0.2) is 9.97 Å². The Labute approximate surface area is 147 Å². The molecule has 0 spiro atoms. The summed E-state index contributed by atoms with van der Waals surface area (Å²) in [6, 6.07) is 5.85. The summed E-state index contributed by atoms with van der Waals surface area (Å²) in [5.74, 6) is 2.20. The van der Waals surface area contributed by atoms with E-state index in [2.05, 4.69) is 20.3 Å².